The second kappa shape index (κ2) is 5.77. The number of hydrogen-bond acceptors (Lipinski definition) is 5. The van der Waals surface area contributed by atoms with Crippen LogP contribution in [0.25, 0.3) is 0 Å². The Morgan fingerprint density at radius 2 is 2.00 bits per heavy atom. The van der Waals surface area contributed by atoms with Crippen molar-refractivity contribution in [3.05, 3.63) is 48.4 Å². The number of anilines is 1. The maximum Gasteiger partial charge on any atom is 0.242 e. The van der Waals surface area contributed by atoms with Crippen molar-refractivity contribution >= 4 is 15.8 Å². The molecule has 7 heteroatoms. The molecule has 6 nitrogen and oxygen atoms in total. The van der Waals surface area contributed by atoms with Gasteiger partial charge >= 0.3 is 0 Å². The van der Waals surface area contributed by atoms with Crippen LogP contribution in [0.1, 0.15) is 5.69 Å². The molecule has 0 radical (unpaired) electrons. The van der Waals surface area contributed by atoms with Crippen LogP contribution in [0.15, 0.2) is 47.6 Å². The fourth-order valence-corrected chi connectivity index (χ4v) is 2.47. The molecule has 19 heavy (non-hydrogen) atoms. The van der Waals surface area contributed by atoms with Crippen molar-refractivity contribution in [1.29, 1.82) is 0 Å². The minimum absolute atomic E-state index is 0.0997. The molecule has 0 aliphatic rings. The predicted molar refractivity (Wildman–Crippen MR) is 71.8 cm³/mol. The molecule has 100 valence electrons. The lowest BCUT2D eigenvalue weighted by Crippen LogP contribution is -2.26. The van der Waals surface area contributed by atoms with Crippen LogP contribution in [0, 0.1) is 0 Å². The number of rotatable bonds is 5. The molecule has 0 aliphatic heterocycles. The number of aromatic nitrogens is 2. The molecule has 0 saturated carbocycles. The molecule has 0 bridgehead atoms. The SMILES string of the molecule is Nc1ccc(S(=O)(=O)NCCc2ccccn2)cn1. The average molecular weight is 278 g/mol. The molecular weight excluding hydrogens is 264 g/mol. The first-order valence-corrected chi connectivity index (χ1v) is 7.17. The number of pyridine rings is 2. The van der Waals surface area contributed by atoms with Gasteiger partial charge in [-0.2, -0.15) is 0 Å². The highest BCUT2D eigenvalue weighted by Gasteiger charge is 2.13. The largest absolute Gasteiger partial charge is 0.384 e. The van der Waals surface area contributed by atoms with Crippen molar-refractivity contribution in [2.45, 2.75) is 11.3 Å². The molecule has 0 fully saturated rings. The van der Waals surface area contributed by atoms with Crippen molar-refractivity contribution in [2.24, 2.45) is 0 Å². The summed E-state index contributed by atoms with van der Waals surface area (Å²) in [5.74, 6) is 0.285. The quantitative estimate of drug-likeness (QED) is 0.833. The Hall–Kier alpha value is -1.99. The van der Waals surface area contributed by atoms with E-state index in [-0.39, 0.29) is 17.3 Å². The van der Waals surface area contributed by atoms with Crippen LogP contribution < -0.4 is 10.5 Å². The molecule has 2 aromatic heterocycles. The van der Waals surface area contributed by atoms with Crippen LogP contribution in [-0.4, -0.2) is 24.9 Å². The van der Waals surface area contributed by atoms with Crippen molar-refractivity contribution in [1.82, 2.24) is 14.7 Å². The third kappa shape index (κ3) is 3.73. The standard InChI is InChI=1S/C12H14N4O2S/c13-12-5-4-11(9-15-12)19(17,18)16-8-6-10-3-1-2-7-14-10/h1-5,7,9,16H,6,8H2,(H2,13,15). The molecule has 0 aromatic carbocycles. The molecular formula is C12H14N4O2S. The van der Waals surface area contributed by atoms with Gasteiger partial charge in [0.1, 0.15) is 10.7 Å². The van der Waals surface area contributed by atoms with Crippen LogP contribution in [0.2, 0.25) is 0 Å². The summed E-state index contributed by atoms with van der Waals surface area (Å²) in [6.07, 6.45) is 3.44. The normalized spacial score (nSPS) is 11.4. The van der Waals surface area contributed by atoms with Gasteiger partial charge in [0.2, 0.25) is 10.0 Å². The van der Waals surface area contributed by atoms with Crippen molar-refractivity contribution in [3.8, 4) is 0 Å². The van der Waals surface area contributed by atoms with Gasteiger partial charge in [-0.1, -0.05) is 6.07 Å². The molecule has 2 rings (SSSR count). The van der Waals surface area contributed by atoms with Crippen molar-refractivity contribution in [2.75, 3.05) is 12.3 Å². The second-order valence-electron chi connectivity index (χ2n) is 3.89. The Kier molecular flexibility index (Phi) is 4.08. The first-order chi connectivity index (χ1) is 9.08. The van der Waals surface area contributed by atoms with Gasteiger partial charge in [0.15, 0.2) is 0 Å². The fourth-order valence-electron chi connectivity index (χ4n) is 1.49. The second-order valence-corrected chi connectivity index (χ2v) is 5.65. The highest BCUT2D eigenvalue weighted by Crippen LogP contribution is 2.08. The van der Waals surface area contributed by atoms with Gasteiger partial charge in [0, 0.05) is 31.1 Å². The minimum Gasteiger partial charge on any atom is -0.384 e. The van der Waals surface area contributed by atoms with Crippen LogP contribution in [-0.2, 0) is 16.4 Å². The number of nitrogens with one attached hydrogen (secondary N) is 1. The third-order valence-electron chi connectivity index (χ3n) is 2.47. The molecule has 0 atom stereocenters. The van der Waals surface area contributed by atoms with E-state index in [9.17, 15) is 8.42 Å². The van der Waals surface area contributed by atoms with E-state index < -0.39 is 10.0 Å². The zero-order chi connectivity index (χ0) is 13.7. The maximum absolute atomic E-state index is 11.9. The number of nitrogens with zero attached hydrogens (tertiary/aromatic N) is 2. The predicted octanol–water partition coefficient (Wildman–Crippen LogP) is 0.580. The van der Waals surface area contributed by atoms with Crippen molar-refractivity contribution in [3.63, 3.8) is 0 Å². The van der Waals surface area contributed by atoms with E-state index >= 15 is 0 Å². The lowest BCUT2D eigenvalue weighted by molar-refractivity contribution is 0.581. The van der Waals surface area contributed by atoms with Crippen LogP contribution in [0.4, 0.5) is 5.82 Å². The lowest BCUT2D eigenvalue weighted by atomic mass is 10.3. The van der Waals surface area contributed by atoms with E-state index in [4.69, 9.17) is 5.73 Å². The zero-order valence-electron chi connectivity index (χ0n) is 10.2. The van der Waals surface area contributed by atoms with Crippen LogP contribution >= 0.6 is 0 Å². The highest BCUT2D eigenvalue weighted by molar-refractivity contribution is 7.89. The number of nitrogens with two attached hydrogens (primary N) is 1. The van der Waals surface area contributed by atoms with Gasteiger partial charge in [-0.15, -0.1) is 0 Å². The van der Waals surface area contributed by atoms with Gasteiger partial charge in [0.25, 0.3) is 0 Å². The van der Waals surface area contributed by atoms with E-state index in [1.807, 2.05) is 18.2 Å². The summed E-state index contributed by atoms with van der Waals surface area (Å²) in [4.78, 5) is 7.98. The molecule has 0 aliphatic carbocycles. The van der Waals surface area contributed by atoms with Crippen LogP contribution in [0.3, 0.4) is 0 Å². The molecule has 2 aromatic rings. The topological polar surface area (TPSA) is 98.0 Å². The monoisotopic (exact) mass is 278 g/mol. The summed E-state index contributed by atoms with van der Waals surface area (Å²) in [6, 6.07) is 8.40. The molecule has 0 spiro atoms. The van der Waals surface area contributed by atoms with Gasteiger partial charge in [-0.25, -0.2) is 18.1 Å². The third-order valence-corrected chi connectivity index (χ3v) is 3.92. The van der Waals surface area contributed by atoms with E-state index in [2.05, 4.69) is 14.7 Å². The minimum atomic E-state index is -3.54. The van der Waals surface area contributed by atoms with E-state index in [1.54, 1.807) is 6.20 Å². The van der Waals surface area contributed by atoms with Crippen molar-refractivity contribution < 1.29 is 8.42 Å². The summed E-state index contributed by atoms with van der Waals surface area (Å²) in [5, 5.41) is 0. The van der Waals surface area contributed by atoms with Gasteiger partial charge in [0.05, 0.1) is 0 Å². The first-order valence-electron chi connectivity index (χ1n) is 5.69. The Bertz CT molecular complexity index is 627. The Morgan fingerprint density at radius 3 is 2.63 bits per heavy atom. The molecule has 0 unspecified atom stereocenters. The van der Waals surface area contributed by atoms with Gasteiger partial charge in [-0.05, 0) is 24.3 Å². The number of nitrogen functional groups attached to an aromatic ring is 1. The van der Waals surface area contributed by atoms with E-state index in [0.29, 0.717) is 6.42 Å². The zero-order valence-corrected chi connectivity index (χ0v) is 11.0. The Morgan fingerprint density at radius 1 is 1.16 bits per heavy atom. The molecule has 0 saturated heterocycles. The Labute approximate surface area is 111 Å². The molecule has 0 amide bonds. The molecule has 3 N–H and O–H groups in total. The van der Waals surface area contributed by atoms with Crippen LogP contribution in [0.5, 0.6) is 0 Å². The summed E-state index contributed by atoms with van der Waals surface area (Å²) >= 11 is 0. The highest BCUT2D eigenvalue weighted by atomic mass is 32.2. The summed E-state index contributed by atoms with van der Waals surface area (Å²) in [5.41, 5.74) is 6.25. The van der Waals surface area contributed by atoms with E-state index in [0.717, 1.165) is 5.69 Å². The number of sulfonamides is 1. The van der Waals surface area contributed by atoms with Gasteiger partial charge in [-0.3, -0.25) is 4.98 Å². The summed E-state index contributed by atoms with van der Waals surface area (Å²) in [6.45, 7) is 0.281. The maximum atomic E-state index is 11.9. The average Bonchev–Trinajstić information content (AvgIpc) is 2.40. The Balaban J connectivity index is 1.97. The lowest BCUT2D eigenvalue weighted by Gasteiger charge is -2.06. The fraction of sp³-hybridized carbons (Fsp3) is 0.167. The molecule has 2 heterocycles. The first kappa shape index (κ1) is 13.4. The smallest absolute Gasteiger partial charge is 0.242 e. The summed E-state index contributed by atoms with van der Waals surface area (Å²) in [7, 11) is -3.54. The van der Waals surface area contributed by atoms with Gasteiger partial charge < -0.3 is 5.73 Å². The summed E-state index contributed by atoms with van der Waals surface area (Å²) < 4.78 is 26.3. The number of hydrogen-bond donors (Lipinski definition) is 2. The van der Waals surface area contributed by atoms with E-state index in [1.165, 1.54) is 18.3 Å².